The van der Waals surface area contributed by atoms with Gasteiger partial charge in [-0.05, 0) is 18.2 Å². The van der Waals surface area contributed by atoms with Crippen LogP contribution in [0.1, 0.15) is 10.4 Å². The Bertz CT molecular complexity index is 485. The highest BCUT2D eigenvalue weighted by atomic mass is 16.3. The third kappa shape index (κ3) is 3.00. The second-order valence-corrected chi connectivity index (χ2v) is 3.61. The Balaban J connectivity index is 2.89. The molecule has 0 radical (unpaired) electrons. The van der Waals surface area contributed by atoms with Crippen LogP contribution in [0.4, 0.5) is 10.5 Å². The lowest BCUT2D eigenvalue weighted by atomic mass is 10.1. The molecule has 1 rings (SSSR count). The Morgan fingerprint density at radius 1 is 1.56 bits per heavy atom. The molecule has 0 bridgehead atoms. The van der Waals surface area contributed by atoms with Crippen LogP contribution < -0.4 is 11.1 Å². The van der Waals surface area contributed by atoms with Crippen molar-refractivity contribution in [3.05, 3.63) is 36.4 Å². The van der Waals surface area contributed by atoms with Gasteiger partial charge in [-0.25, -0.2) is 4.79 Å². The van der Waals surface area contributed by atoms with Crippen molar-refractivity contribution in [3.63, 3.8) is 0 Å². The topological polar surface area (TPSA) is 95.7 Å². The maximum Gasteiger partial charge on any atom is 0.324 e. The zero-order valence-electron chi connectivity index (χ0n) is 10.0. The molecular weight excluding hydrogens is 234 g/mol. The number of aromatic hydroxyl groups is 1. The number of phenolic OH excluding ortho intramolecular Hbond substituents is 1. The van der Waals surface area contributed by atoms with Gasteiger partial charge in [0.05, 0.1) is 5.56 Å². The molecular formula is C12H15N3O3. The van der Waals surface area contributed by atoms with Crippen molar-refractivity contribution in [2.75, 3.05) is 19.3 Å². The Hall–Kier alpha value is -2.50. The molecule has 0 spiro atoms. The fraction of sp³-hybridized carbons (Fsp3) is 0.167. The summed E-state index contributed by atoms with van der Waals surface area (Å²) in [6.07, 6.45) is 1.50. The van der Waals surface area contributed by atoms with Crippen molar-refractivity contribution in [1.29, 1.82) is 0 Å². The van der Waals surface area contributed by atoms with Gasteiger partial charge in [0.15, 0.2) is 0 Å². The van der Waals surface area contributed by atoms with Crippen LogP contribution in [0.25, 0.3) is 0 Å². The van der Waals surface area contributed by atoms with Crippen LogP contribution in [0, 0.1) is 0 Å². The fourth-order valence-corrected chi connectivity index (χ4v) is 1.28. The molecule has 0 saturated carbocycles. The van der Waals surface area contributed by atoms with E-state index in [2.05, 4.69) is 11.9 Å². The van der Waals surface area contributed by atoms with Gasteiger partial charge in [0, 0.05) is 19.3 Å². The van der Waals surface area contributed by atoms with Crippen molar-refractivity contribution >= 4 is 17.6 Å². The number of nitrogen functional groups attached to an aromatic ring is 1. The second-order valence-electron chi connectivity index (χ2n) is 3.61. The molecule has 0 fully saturated rings. The number of nitrogens with zero attached hydrogens (tertiary/aromatic N) is 1. The van der Waals surface area contributed by atoms with Gasteiger partial charge >= 0.3 is 6.03 Å². The molecule has 4 N–H and O–H groups in total. The summed E-state index contributed by atoms with van der Waals surface area (Å²) in [5, 5.41) is 11.8. The van der Waals surface area contributed by atoms with Crippen LogP contribution in [0.2, 0.25) is 0 Å². The molecule has 0 unspecified atom stereocenters. The molecule has 6 nitrogen and oxygen atoms in total. The Labute approximate surface area is 105 Å². The van der Waals surface area contributed by atoms with Gasteiger partial charge < -0.3 is 16.2 Å². The third-order valence-electron chi connectivity index (χ3n) is 2.27. The average Bonchev–Trinajstić information content (AvgIpc) is 2.37. The van der Waals surface area contributed by atoms with Crippen molar-refractivity contribution in [1.82, 2.24) is 10.2 Å². The number of hydrogen-bond donors (Lipinski definition) is 3. The van der Waals surface area contributed by atoms with E-state index in [0.717, 1.165) is 4.90 Å². The lowest BCUT2D eigenvalue weighted by Crippen LogP contribution is -2.41. The molecule has 0 atom stereocenters. The lowest BCUT2D eigenvalue weighted by Gasteiger charge is -2.16. The van der Waals surface area contributed by atoms with Crippen molar-refractivity contribution in [2.45, 2.75) is 0 Å². The number of anilines is 1. The van der Waals surface area contributed by atoms with Crippen molar-refractivity contribution < 1.29 is 14.7 Å². The summed E-state index contributed by atoms with van der Waals surface area (Å²) in [4.78, 5) is 24.4. The first kappa shape index (κ1) is 13.6. The summed E-state index contributed by atoms with van der Waals surface area (Å²) < 4.78 is 0. The maximum absolute atomic E-state index is 12.0. The molecule has 0 saturated heterocycles. The summed E-state index contributed by atoms with van der Waals surface area (Å²) >= 11 is 0. The minimum atomic E-state index is -0.593. The zero-order valence-corrected chi connectivity index (χ0v) is 10.0. The van der Waals surface area contributed by atoms with E-state index in [1.54, 1.807) is 0 Å². The minimum absolute atomic E-state index is 0.0752. The number of hydrogen-bond acceptors (Lipinski definition) is 4. The van der Waals surface area contributed by atoms with Gasteiger partial charge in [0.2, 0.25) is 0 Å². The van der Waals surface area contributed by atoms with Gasteiger partial charge in [0.1, 0.15) is 5.75 Å². The van der Waals surface area contributed by atoms with Crippen LogP contribution in [0.5, 0.6) is 5.75 Å². The van der Waals surface area contributed by atoms with E-state index < -0.39 is 11.9 Å². The number of amides is 3. The van der Waals surface area contributed by atoms with E-state index in [-0.39, 0.29) is 23.5 Å². The van der Waals surface area contributed by atoms with Gasteiger partial charge in [-0.3, -0.25) is 9.69 Å². The number of rotatable bonds is 3. The van der Waals surface area contributed by atoms with Gasteiger partial charge in [-0.1, -0.05) is 6.08 Å². The number of benzene rings is 1. The third-order valence-corrected chi connectivity index (χ3v) is 2.27. The van der Waals surface area contributed by atoms with Gasteiger partial charge in [-0.2, -0.15) is 0 Å². The molecule has 1 aromatic rings. The lowest BCUT2D eigenvalue weighted by molar-refractivity contribution is 0.0832. The van der Waals surface area contributed by atoms with Crippen molar-refractivity contribution in [2.24, 2.45) is 0 Å². The van der Waals surface area contributed by atoms with E-state index in [9.17, 15) is 14.7 Å². The number of urea groups is 1. The molecule has 96 valence electrons. The van der Waals surface area contributed by atoms with Crippen LogP contribution in [-0.2, 0) is 0 Å². The number of carbonyl (C=O) groups is 2. The Morgan fingerprint density at radius 3 is 2.83 bits per heavy atom. The predicted molar refractivity (Wildman–Crippen MR) is 68.2 cm³/mol. The number of phenols is 1. The Kier molecular flexibility index (Phi) is 4.31. The number of nitrogens with two attached hydrogens (primary N) is 1. The number of carbonyl (C=O) groups excluding carboxylic acids is 2. The molecule has 0 aliphatic carbocycles. The molecule has 0 heterocycles. The van der Waals surface area contributed by atoms with Crippen LogP contribution >= 0.6 is 0 Å². The number of imide groups is 1. The molecule has 6 heteroatoms. The maximum atomic E-state index is 12.0. The smallest absolute Gasteiger partial charge is 0.324 e. The number of nitrogens with one attached hydrogen (secondary N) is 1. The summed E-state index contributed by atoms with van der Waals surface area (Å²) in [6.45, 7) is 3.71. The standard InChI is InChI=1S/C12H15N3O3/c1-3-6-14-12(18)15(2)11(17)9-7-8(16)4-5-10(9)13/h3-5,7,16H,1,6,13H2,2H3,(H,14,18). The zero-order chi connectivity index (χ0) is 13.7. The summed E-state index contributed by atoms with van der Waals surface area (Å²) in [5.41, 5.74) is 5.89. The molecule has 0 aliphatic heterocycles. The summed E-state index contributed by atoms with van der Waals surface area (Å²) in [7, 11) is 1.32. The van der Waals surface area contributed by atoms with Gasteiger partial charge in [0.25, 0.3) is 5.91 Å². The predicted octanol–water partition coefficient (Wildman–Crippen LogP) is 0.942. The highest BCUT2D eigenvalue weighted by Crippen LogP contribution is 2.19. The quantitative estimate of drug-likeness (QED) is 0.422. The van der Waals surface area contributed by atoms with Crippen LogP contribution in [0.3, 0.4) is 0 Å². The van der Waals surface area contributed by atoms with E-state index in [0.29, 0.717) is 0 Å². The first-order chi connectivity index (χ1) is 8.47. The Morgan fingerprint density at radius 2 is 2.22 bits per heavy atom. The van der Waals surface area contributed by atoms with Crippen LogP contribution in [0.15, 0.2) is 30.9 Å². The SMILES string of the molecule is C=CCNC(=O)N(C)C(=O)c1cc(O)ccc1N. The molecule has 3 amide bonds. The second kappa shape index (κ2) is 5.72. The first-order valence-corrected chi connectivity index (χ1v) is 5.22. The normalized spacial score (nSPS) is 9.61. The first-order valence-electron chi connectivity index (χ1n) is 5.22. The van der Waals surface area contributed by atoms with E-state index >= 15 is 0 Å². The molecule has 18 heavy (non-hydrogen) atoms. The summed E-state index contributed by atoms with van der Waals surface area (Å²) in [5.74, 6) is -0.683. The highest BCUT2D eigenvalue weighted by Gasteiger charge is 2.20. The van der Waals surface area contributed by atoms with E-state index in [4.69, 9.17) is 5.73 Å². The molecule has 0 aromatic heterocycles. The molecule has 0 aliphatic rings. The monoisotopic (exact) mass is 249 g/mol. The summed E-state index contributed by atoms with van der Waals surface area (Å²) in [6, 6.07) is 3.42. The molecule has 1 aromatic carbocycles. The van der Waals surface area contributed by atoms with Crippen molar-refractivity contribution in [3.8, 4) is 5.75 Å². The van der Waals surface area contributed by atoms with E-state index in [1.165, 1.54) is 31.3 Å². The minimum Gasteiger partial charge on any atom is -0.508 e. The highest BCUT2D eigenvalue weighted by molar-refractivity contribution is 6.07. The average molecular weight is 249 g/mol. The van der Waals surface area contributed by atoms with Gasteiger partial charge in [-0.15, -0.1) is 6.58 Å². The van der Waals surface area contributed by atoms with E-state index in [1.807, 2.05) is 0 Å². The van der Waals surface area contributed by atoms with Crippen LogP contribution in [-0.4, -0.2) is 35.5 Å². The largest absolute Gasteiger partial charge is 0.508 e. The fourth-order valence-electron chi connectivity index (χ4n) is 1.28.